The van der Waals surface area contributed by atoms with Crippen LogP contribution in [0.1, 0.15) is 6.42 Å². The van der Waals surface area contributed by atoms with Gasteiger partial charge in [0.1, 0.15) is 5.52 Å². The number of anilines is 1. The maximum atomic E-state index is 12.3. The minimum absolute atomic E-state index is 0.149. The molecule has 2 aromatic heterocycles. The topological polar surface area (TPSA) is 90.3 Å². The predicted molar refractivity (Wildman–Crippen MR) is 113 cm³/mol. The van der Waals surface area contributed by atoms with E-state index in [-0.39, 0.29) is 18.9 Å². The van der Waals surface area contributed by atoms with Gasteiger partial charge in [-0.15, -0.1) is 0 Å². The van der Waals surface area contributed by atoms with Gasteiger partial charge in [0.05, 0.1) is 5.52 Å². The summed E-state index contributed by atoms with van der Waals surface area (Å²) >= 11 is 0. The molecule has 0 radical (unpaired) electrons. The number of hydrogen-bond donors (Lipinski definition) is 1. The molecular weight excluding hydrogens is 382 g/mol. The SMILES string of the molecule is O=C(CCn1c(=O)oc2ccccc21)Nc1ccc(-c2nc3ccccc3o2)cc1. The predicted octanol–water partition coefficient (Wildman–Crippen LogP) is 4.43. The Labute approximate surface area is 170 Å². The molecule has 7 nitrogen and oxygen atoms in total. The second-order valence-corrected chi connectivity index (χ2v) is 6.85. The van der Waals surface area contributed by atoms with Crippen LogP contribution in [0.2, 0.25) is 0 Å². The summed E-state index contributed by atoms with van der Waals surface area (Å²) < 4.78 is 12.4. The van der Waals surface area contributed by atoms with Crippen molar-refractivity contribution in [2.24, 2.45) is 0 Å². The van der Waals surface area contributed by atoms with Gasteiger partial charge in [-0.2, -0.15) is 0 Å². The lowest BCUT2D eigenvalue weighted by atomic mass is 10.2. The molecule has 3 aromatic carbocycles. The van der Waals surface area contributed by atoms with Gasteiger partial charge in [0.15, 0.2) is 11.2 Å². The minimum Gasteiger partial charge on any atom is -0.436 e. The molecule has 0 bridgehead atoms. The number of aromatic nitrogens is 2. The Bertz CT molecular complexity index is 1380. The lowest BCUT2D eigenvalue weighted by molar-refractivity contribution is -0.116. The zero-order valence-corrected chi connectivity index (χ0v) is 15.9. The number of rotatable bonds is 5. The zero-order chi connectivity index (χ0) is 20.5. The molecule has 7 heteroatoms. The molecule has 0 fully saturated rings. The maximum Gasteiger partial charge on any atom is 0.419 e. The van der Waals surface area contributed by atoms with Crippen molar-refractivity contribution < 1.29 is 13.6 Å². The van der Waals surface area contributed by atoms with Crippen molar-refractivity contribution >= 4 is 33.8 Å². The zero-order valence-electron chi connectivity index (χ0n) is 15.9. The van der Waals surface area contributed by atoms with E-state index in [0.717, 1.165) is 16.7 Å². The highest BCUT2D eigenvalue weighted by Crippen LogP contribution is 2.25. The Kier molecular flexibility index (Phi) is 4.40. The molecule has 2 heterocycles. The van der Waals surface area contributed by atoms with Crippen molar-refractivity contribution in [3.63, 3.8) is 0 Å². The minimum atomic E-state index is -0.466. The summed E-state index contributed by atoms with van der Waals surface area (Å²) in [7, 11) is 0. The largest absolute Gasteiger partial charge is 0.436 e. The standard InChI is InChI=1S/C23H17N3O4/c27-21(13-14-26-18-6-2-4-8-20(18)30-23(26)28)24-16-11-9-15(10-12-16)22-25-17-5-1-3-7-19(17)29-22/h1-12H,13-14H2,(H,24,27). The van der Waals surface area contributed by atoms with E-state index in [1.807, 2.05) is 42.5 Å². The molecule has 1 N–H and O–H groups in total. The quantitative estimate of drug-likeness (QED) is 0.472. The summed E-state index contributed by atoms with van der Waals surface area (Å²) in [6.45, 7) is 0.239. The molecule has 0 saturated heterocycles. The summed E-state index contributed by atoms with van der Waals surface area (Å²) in [6.07, 6.45) is 0.149. The Balaban J connectivity index is 1.26. The molecule has 148 valence electrons. The smallest absolute Gasteiger partial charge is 0.419 e. The lowest BCUT2D eigenvalue weighted by Gasteiger charge is -2.06. The number of oxazole rings is 2. The van der Waals surface area contributed by atoms with Gasteiger partial charge in [-0.25, -0.2) is 9.78 Å². The number of hydrogen-bond acceptors (Lipinski definition) is 5. The third kappa shape index (κ3) is 3.37. The molecule has 1 amide bonds. The van der Waals surface area contributed by atoms with Crippen molar-refractivity contribution in [3.8, 4) is 11.5 Å². The monoisotopic (exact) mass is 399 g/mol. The van der Waals surface area contributed by atoms with Crippen molar-refractivity contribution in [2.45, 2.75) is 13.0 Å². The van der Waals surface area contributed by atoms with E-state index in [4.69, 9.17) is 8.83 Å². The van der Waals surface area contributed by atoms with Crippen LogP contribution in [0.5, 0.6) is 0 Å². The van der Waals surface area contributed by atoms with Crippen LogP contribution in [-0.2, 0) is 11.3 Å². The van der Waals surface area contributed by atoms with Crippen LogP contribution in [0.25, 0.3) is 33.7 Å². The van der Waals surface area contributed by atoms with Crippen molar-refractivity contribution in [3.05, 3.63) is 83.3 Å². The molecule has 0 saturated carbocycles. The molecule has 5 rings (SSSR count). The van der Waals surface area contributed by atoms with Crippen molar-refractivity contribution in [2.75, 3.05) is 5.32 Å². The van der Waals surface area contributed by atoms with Crippen molar-refractivity contribution in [1.82, 2.24) is 9.55 Å². The second-order valence-electron chi connectivity index (χ2n) is 6.85. The van der Waals surface area contributed by atoms with Crippen LogP contribution in [0.15, 0.2) is 86.4 Å². The van der Waals surface area contributed by atoms with Crippen LogP contribution in [0.4, 0.5) is 5.69 Å². The van der Waals surface area contributed by atoms with E-state index >= 15 is 0 Å². The first-order valence-electron chi connectivity index (χ1n) is 9.52. The average molecular weight is 399 g/mol. The number of benzene rings is 3. The first kappa shape index (κ1) is 17.9. The third-order valence-electron chi connectivity index (χ3n) is 4.85. The second kappa shape index (κ2) is 7.36. The fourth-order valence-electron chi connectivity index (χ4n) is 3.35. The molecule has 0 aliphatic carbocycles. The molecule has 0 spiro atoms. The summed E-state index contributed by atoms with van der Waals surface area (Å²) in [6, 6.07) is 22.0. The number of fused-ring (bicyclic) bond motifs is 2. The fraction of sp³-hybridized carbons (Fsp3) is 0.0870. The van der Waals surface area contributed by atoms with Gasteiger partial charge in [-0.1, -0.05) is 24.3 Å². The first-order chi connectivity index (χ1) is 14.7. The van der Waals surface area contributed by atoms with E-state index < -0.39 is 5.76 Å². The highest BCUT2D eigenvalue weighted by molar-refractivity contribution is 5.91. The third-order valence-corrected chi connectivity index (χ3v) is 4.85. The number of carbonyl (C=O) groups is 1. The van der Waals surface area contributed by atoms with Crippen LogP contribution in [0.3, 0.4) is 0 Å². The first-order valence-corrected chi connectivity index (χ1v) is 9.52. The number of nitrogens with zero attached hydrogens (tertiary/aromatic N) is 2. The van der Waals surface area contributed by atoms with Crippen LogP contribution in [0, 0.1) is 0 Å². The van der Waals surface area contributed by atoms with Gasteiger partial charge >= 0.3 is 5.76 Å². The number of amides is 1. The van der Waals surface area contributed by atoms with Crippen LogP contribution < -0.4 is 11.1 Å². The maximum absolute atomic E-state index is 12.3. The Morgan fingerprint density at radius 3 is 2.43 bits per heavy atom. The summed E-state index contributed by atoms with van der Waals surface area (Å²) in [5, 5.41) is 2.84. The van der Waals surface area contributed by atoms with Crippen molar-refractivity contribution in [1.29, 1.82) is 0 Å². The normalized spacial score (nSPS) is 11.2. The Morgan fingerprint density at radius 1 is 0.900 bits per heavy atom. The van der Waals surface area contributed by atoms with Gasteiger partial charge in [0.2, 0.25) is 11.8 Å². The summed E-state index contributed by atoms with van der Waals surface area (Å²) in [5.41, 5.74) is 4.19. The lowest BCUT2D eigenvalue weighted by Crippen LogP contribution is -2.19. The van der Waals surface area contributed by atoms with E-state index in [1.165, 1.54) is 4.57 Å². The van der Waals surface area contributed by atoms with Gasteiger partial charge in [-0.3, -0.25) is 9.36 Å². The molecule has 30 heavy (non-hydrogen) atoms. The Morgan fingerprint density at radius 2 is 1.63 bits per heavy atom. The summed E-state index contributed by atoms with van der Waals surface area (Å²) in [5.74, 6) is -0.131. The summed E-state index contributed by atoms with van der Waals surface area (Å²) in [4.78, 5) is 28.8. The molecule has 0 atom stereocenters. The number of carbonyl (C=O) groups excluding carboxylic acids is 1. The highest BCUT2D eigenvalue weighted by atomic mass is 16.4. The Hall–Kier alpha value is -4.13. The number of aryl methyl sites for hydroxylation is 1. The number of para-hydroxylation sites is 4. The number of nitrogens with one attached hydrogen (secondary N) is 1. The van der Waals surface area contributed by atoms with Crippen LogP contribution in [-0.4, -0.2) is 15.5 Å². The molecule has 0 aliphatic heterocycles. The van der Waals surface area contributed by atoms with Gasteiger partial charge in [0.25, 0.3) is 0 Å². The van der Waals surface area contributed by atoms with Crippen LogP contribution >= 0.6 is 0 Å². The van der Waals surface area contributed by atoms with E-state index in [1.54, 1.807) is 30.3 Å². The highest BCUT2D eigenvalue weighted by Gasteiger charge is 2.11. The molecule has 0 unspecified atom stereocenters. The average Bonchev–Trinajstić information content (AvgIpc) is 3.33. The molecule has 0 aliphatic rings. The van der Waals surface area contributed by atoms with E-state index in [2.05, 4.69) is 10.3 Å². The van der Waals surface area contributed by atoms with Gasteiger partial charge < -0.3 is 14.2 Å². The molecular formula is C23H17N3O4. The fourth-order valence-corrected chi connectivity index (χ4v) is 3.35. The molecule has 5 aromatic rings. The van der Waals surface area contributed by atoms with Gasteiger partial charge in [-0.05, 0) is 48.5 Å². The van der Waals surface area contributed by atoms with E-state index in [0.29, 0.717) is 22.7 Å². The van der Waals surface area contributed by atoms with Gasteiger partial charge in [0, 0.05) is 24.2 Å². The van der Waals surface area contributed by atoms with E-state index in [9.17, 15) is 9.59 Å².